The van der Waals surface area contributed by atoms with Crippen LogP contribution in [0.5, 0.6) is 0 Å². The predicted molar refractivity (Wildman–Crippen MR) is 84.9 cm³/mol. The van der Waals surface area contributed by atoms with Crippen molar-refractivity contribution in [3.8, 4) is 0 Å². The van der Waals surface area contributed by atoms with E-state index in [0.717, 1.165) is 13.0 Å². The highest BCUT2D eigenvalue weighted by Crippen LogP contribution is 2.20. The smallest absolute Gasteiger partial charge is 0.0427 e. The lowest BCUT2D eigenvalue weighted by Crippen LogP contribution is -2.19. The minimum Gasteiger partial charge on any atom is -0.370 e. The van der Waals surface area contributed by atoms with Gasteiger partial charge in [-0.3, -0.25) is 4.98 Å². The topological polar surface area (TPSA) is 42.2 Å². The average molecular weight is 269 g/mol. The third-order valence-electron chi connectivity index (χ3n) is 3.48. The van der Waals surface area contributed by atoms with Gasteiger partial charge in [0.25, 0.3) is 0 Å². The third-order valence-corrected chi connectivity index (χ3v) is 3.48. The summed E-state index contributed by atoms with van der Waals surface area (Å²) in [6.45, 7) is 5.08. The van der Waals surface area contributed by atoms with Crippen LogP contribution in [0, 0.1) is 6.92 Å². The summed E-state index contributed by atoms with van der Waals surface area (Å²) in [4.78, 5) is 6.30. The molecule has 0 spiro atoms. The van der Waals surface area contributed by atoms with Gasteiger partial charge in [-0.05, 0) is 61.2 Å². The zero-order chi connectivity index (χ0) is 14.5. The van der Waals surface area contributed by atoms with Crippen molar-refractivity contribution >= 4 is 5.69 Å². The second-order valence-electron chi connectivity index (χ2n) is 5.50. The summed E-state index contributed by atoms with van der Waals surface area (Å²) in [7, 11) is 2.11. The fourth-order valence-electron chi connectivity index (χ4n) is 2.35. The van der Waals surface area contributed by atoms with Crippen molar-refractivity contribution in [1.82, 2.24) is 4.98 Å². The van der Waals surface area contributed by atoms with Crippen LogP contribution in [0.15, 0.2) is 42.7 Å². The Morgan fingerprint density at radius 3 is 2.50 bits per heavy atom. The quantitative estimate of drug-likeness (QED) is 0.907. The van der Waals surface area contributed by atoms with Gasteiger partial charge in [-0.25, -0.2) is 0 Å². The normalized spacial score (nSPS) is 12.2. The lowest BCUT2D eigenvalue weighted by molar-refractivity contribution is 0.734. The van der Waals surface area contributed by atoms with Gasteiger partial charge in [-0.1, -0.05) is 6.07 Å². The summed E-state index contributed by atoms with van der Waals surface area (Å²) in [5.74, 6) is 0. The molecule has 0 aliphatic heterocycles. The van der Waals surface area contributed by atoms with E-state index < -0.39 is 0 Å². The molecule has 2 rings (SSSR count). The molecule has 3 heteroatoms. The highest BCUT2D eigenvalue weighted by Gasteiger charge is 2.06. The standard InChI is InChI=1S/C17H23N3/c1-13-10-17(5-4-16(13)11-14(2)18)20(3)12-15-6-8-19-9-7-15/h4-10,14H,11-12,18H2,1-3H3. The maximum atomic E-state index is 5.88. The fraction of sp³-hybridized carbons (Fsp3) is 0.353. The largest absolute Gasteiger partial charge is 0.370 e. The number of pyridine rings is 1. The summed E-state index contributed by atoms with van der Waals surface area (Å²) in [5.41, 5.74) is 11.0. The van der Waals surface area contributed by atoms with Crippen LogP contribution in [0.2, 0.25) is 0 Å². The molecule has 2 aromatic rings. The lowest BCUT2D eigenvalue weighted by atomic mass is 10.0. The molecule has 106 valence electrons. The Bertz CT molecular complexity index is 549. The van der Waals surface area contributed by atoms with Crippen LogP contribution in [-0.2, 0) is 13.0 Å². The summed E-state index contributed by atoms with van der Waals surface area (Å²) >= 11 is 0. The van der Waals surface area contributed by atoms with Crippen molar-refractivity contribution in [1.29, 1.82) is 0 Å². The summed E-state index contributed by atoms with van der Waals surface area (Å²) < 4.78 is 0. The Labute approximate surface area is 121 Å². The van der Waals surface area contributed by atoms with Crippen molar-refractivity contribution in [3.05, 3.63) is 59.4 Å². The van der Waals surface area contributed by atoms with Crippen molar-refractivity contribution in [2.75, 3.05) is 11.9 Å². The van der Waals surface area contributed by atoms with Gasteiger partial charge in [0, 0.05) is 37.7 Å². The molecule has 0 amide bonds. The second-order valence-corrected chi connectivity index (χ2v) is 5.50. The molecule has 1 aromatic carbocycles. The molecule has 0 fully saturated rings. The van der Waals surface area contributed by atoms with Gasteiger partial charge in [0.2, 0.25) is 0 Å². The SMILES string of the molecule is Cc1cc(N(C)Cc2ccncc2)ccc1CC(C)N. The van der Waals surface area contributed by atoms with E-state index in [1.54, 1.807) is 0 Å². The molecule has 20 heavy (non-hydrogen) atoms. The predicted octanol–water partition coefficient (Wildman–Crippen LogP) is 2.92. The van der Waals surface area contributed by atoms with Crippen molar-refractivity contribution in [3.63, 3.8) is 0 Å². The van der Waals surface area contributed by atoms with E-state index in [0.29, 0.717) is 0 Å². The van der Waals surface area contributed by atoms with E-state index in [-0.39, 0.29) is 6.04 Å². The first-order chi connectivity index (χ1) is 9.56. The Hall–Kier alpha value is -1.87. The van der Waals surface area contributed by atoms with Crippen LogP contribution in [0.25, 0.3) is 0 Å². The molecular formula is C17H23N3. The molecule has 0 bridgehead atoms. The van der Waals surface area contributed by atoms with Gasteiger partial charge in [0.15, 0.2) is 0 Å². The van der Waals surface area contributed by atoms with E-state index in [4.69, 9.17) is 5.73 Å². The molecule has 3 nitrogen and oxygen atoms in total. The Morgan fingerprint density at radius 1 is 1.20 bits per heavy atom. The molecule has 0 radical (unpaired) electrons. The number of aryl methyl sites for hydroxylation is 1. The first kappa shape index (κ1) is 14.5. The van der Waals surface area contributed by atoms with E-state index >= 15 is 0 Å². The number of nitrogens with two attached hydrogens (primary N) is 1. The van der Waals surface area contributed by atoms with E-state index in [1.807, 2.05) is 31.5 Å². The minimum absolute atomic E-state index is 0.203. The van der Waals surface area contributed by atoms with Gasteiger partial charge in [0.05, 0.1) is 0 Å². The van der Waals surface area contributed by atoms with E-state index in [9.17, 15) is 0 Å². The summed E-state index contributed by atoms with van der Waals surface area (Å²) in [6.07, 6.45) is 4.60. The van der Waals surface area contributed by atoms with Gasteiger partial charge in [0.1, 0.15) is 0 Å². The zero-order valence-electron chi connectivity index (χ0n) is 12.5. The zero-order valence-corrected chi connectivity index (χ0v) is 12.5. The Kier molecular flexibility index (Phi) is 4.74. The van der Waals surface area contributed by atoms with Crippen LogP contribution in [0.3, 0.4) is 0 Å². The highest BCUT2D eigenvalue weighted by atomic mass is 15.1. The maximum absolute atomic E-state index is 5.88. The fourth-order valence-corrected chi connectivity index (χ4v) is 2.35. The number of hydrogen-bond donors (Lipinski definition) is 1. The molecule has 0 aliphatic rings. The summed E-state index contributed by atoms with van der Waals surface area (Å²) in [5, 5.41) is 0. The average Bonchev–Trinajstić information content (AvgIpc) is 2.41. The number of rotatable bonds is 5. The lowest BCUT2D eigenvalue weighted by Gasteiger charge is -2.21. The number of anilines is 1. The van der Waals surface area contributed by atoms with Crippen molar-refractivity contribution in [2.24, 2.45) is 5.73 Å². The monoisotopic (exact) mass is 269 g/mol. The van der Waals surface area contributed by atoms with Gasteiger partial charge >= 0.3 is 0 Å². The molecular weight excluding hydrogens is 246 g/mol. The van der Waals surface area contributed by atoms with E-state index in [2.05, 4.69) is 42.1 Å². The maximum Gasteiger partial charge on any atom is 0.0427 e. The molecule has 0 aliphatic carbocycles. The van der Waals surface area contributed by atoms with Crippen molar-refractivity contribution in [2.45, 2.75) is 32.9 Å². The van der Waals surface area contributed by atoms with Crippen LogP contribution < -0.4 is 10.6 Å². The van der Waals surface area contributed by atoms with Gasteiger partial charge in [-0.2, -0.15) is 0 Å². The molecule has 1 heterocycles. The molecule has 1 atom stereocenters. The molecule has 2 N–H and O–H groups in total. The summed E-state index contributed by atoms with van der Waals surface area (Å²) in [6, 6.07) is 10.9. The number of benzene rings is 1. The van der Waals surface area contributed by atoms with Crippen LogP contribution in [0.1, 0.15) is 23.6 Å². The molecule has 0 saturated heterocycles. The Morgan fingerprint density at radius 2 is 1.90 bits per heavy atom. The van der Waals surface area contributed by atoms with E-state index in [1.165, 1.54) is 22.4 Å². The molecule has 1 aromatic heterocycles. The first-order valence-corrected chi connectivity index (χ1v) is 7.01. The number of nitrogens with zero attached hydrogens (tertiary/aromatic N) is 2. The highest BCUT2D eigenvalue weighted by molar-refractivity contribution is 5.50. The third kappa shape index (κ3) is 3.81. The Balaban J connectivity index is 2.11. The first-order valence-electron chi connectivity index (χ1n) is 7.01. The number of hydrogen-bond acceptors (Lipinski definition) is 3. The van der Waals surface area contributed by atoms with Crippen LogP contribution in [0.4, 0.5) is 5.69 Å². The van der Waals surface area contributed by atoms with Gasteiger partial charge < -0.3 is 10.6 Å². The molecule has 0 saturated carbocycles. The molecule has 1 unspecified atom stereocenters. The minimum atomic E-state index is 0.203. The van der Waals surface area contributed by atoms with Gasteiger partial charge in [-0.15, -0.1) is 0 Å². The van der Waals surface area contributed by atoms with Crippen LogP contribution >= 0.6 is 0 Å². The van der Waals surface area contributed by atoms with Crippen molar-refractivity contribution < 1.29 is 0 Å². The second kappa shape index (κ2) is 6.53. The number of aromatic nitrogens is 1. The van der Waals surface area contributed by atoms with Crippen LogP contribution in [-0.4, -0.2) is 18.1 Å².